The molecule has 0 saturated heterocycles. The van der Waals surface area contributed by atoms with Crippen LogP contribution in [0.25, 0.3) is 0 Å². The van der Waals surface area contributed by atoms with Crippen molar-refractivity contribution in [3.8, 4) is 0 Å². The second-order valence-electron chi connectivity index (χ2n) is 11.2. The fourth-order valence-electron chi connectivity index (χ4n) is 5.25. The van der Waals surface area contributed by atoms with Gasteiger partial charge in [0.05, 0.1) is 0 Å². The monoisotopic (exact) mass is 886 g/mol. The minimum absolute atomic E-state index is 0.251. The average Bonchev–Trinajstić information content (AvgIpc) is 3.22. The fourth-order valence-corrected chi connectivity index (χ4v) is 75.4. The summed E-state index contributed by atoms with van der Waals surface area (Å²) in [7, 11) is 0. The number of rotatable bonds is 15. The summed E-state index contributed by atoms with van der Waals surface area (Å²) in [5, 5.41) is 0. The molecule has 254 valence electrons. The van der Waals surface area contributed by atoms with Crippen LogP contribution in [0.1, 0.15) is 62.1 Å². The number of benzene rings is 6. The first-order valence-corrected chi connectivity index (χ1v) is 30.5. The molecule has 6 aromatic carbocycles. The molecular formula is C42H30As3O6P. The van der Waals surface area contributed by atoms with Crippen LogP contribution >= 0.6 is 3.60 Å². The molecule has 0 unspecified atom stereocenters. The second kappa shape index (κ2) is 17.8. The molecule has 52 heavy (non-hydrogen) atoms. The van der Waals surface area contributed by atoms with Gasteiger partial charge >= 0.3 is 318 Å². The van der Waals surface area contributed by atoms with Crippen molar-refractivity contribution >= 4 is 73.6 Å². The van der Waals surface area contributed by atoms with Gasteiger partial charge in [0.15, 0.2) is 0 Å². The Hall–Kier alpha value is -4.55. The topological polar surface area (TPSA) is 102 Å². The Labute approximate surface area is 315 Å². The molecule has 0 radical (unpaired) electrons. The molecule has 0 fully saturated rings. The molecule has 0 atom stereocenters. The van der Waals surface area contributed by atoms with Crippen molar-refractivity contribution in [2.75, 3.05) is 0 Å². The van der Waals surface area contributed by atoms with E-state index >= 15 is 28.8 Å². The fraction of sp³-hybridized carbons (Fsp3) is 0. The minimum atomic E-state index is -3.90. The van der Waals surface area contributed by atoms with Gasteiger partial charge in [-0.3, -0.25) is 0 Å². The number of carbonyl (C=O) groups excluding carboxylic acids is 6. The Morgan fingerprint density at radius 1 is 0.250 bits per heavy atom. The molecule has 6 rings (SSSR count). The molecule has 0 aliphatic heterocycles. The van der Waals surface area contributed by atoms with Gasteiger partial charge in [-0.25, -0.2) is 0 Å². The van der Waals surface area contributed by atoms with Crippen LogP contribution in [0.4, 0.5) is 0 Å². The Morgan fingerprint density at radius 2 is 0.385 bits per heavy atom. The van der Waals surface area contributed by atoms with E-state index in [0.717, 1.165) is 0 Å². The zero-order chi connectivity index (χ0) is 36.5. The Bertz CT molecular complexity index is 1800. The normalized spacial score (nSPS) is 11.1. The van der Waals surface area contributed by atoms with Crippen molar-refractivity contribution in [2.24, 2.45) is 0 Å². The summed E-state index contributed by atoms with van der Waals surface area (Å²) >= 11 is -11.7. The van der Waals surface area contributed by atoms with Crippen molar-refractivity contribution in [1.29, 1.82) is 0 Å². The molecule has 0 aliphatic carbocycles. The van der Waals surface area contributed by atoms with Crippen molar-refractivity contribution in [2.45, 2.75) is 0 Å². The molecule has 0 saturated carbocycles. The van der Waals surface area contributed by atoms with Crippen LogP contribution in [0.3, 0.4) is 0 Å². The second-order valence-corrected chi connectivity index (χ2v) is 48.0. The molecule has 10 heteroatoms. The number of hydrogen-bond donors (Lipinski definition) is 0. The average molecular weight is 886 g/mol. The summed E-state index contributed by atoms with van der Waals surface area (Å²) in [6, 6.07) is 50.1. The van der Waals surface area contributed by atoms with E-state index in [4.69, 9.17) is 0 Å². The van der Waals surface area contributed by atoms with E-state index in [-0.39, 0.29) is 33.4 Å². The number of hydrogen-bond acceptors (Lipinski definition) is 6. The van der Waals surface area contributed by atoms with Crippen molar-refractivity contribution in [3.63, 3.8) is 0 Å². The quantitative estimate of drug-likeness (QED) is 0.0767. The van der Waals surface area contributed by atoms with E-state index < -0.39 is 73.6 Å². The molecular weight excluding hydrogens is 856 g/mol. The van der Waals surface area contributed by atoms with E-state index in [9.17, 15) is 0 Å². The van der Waals surface area contributed by atoms with Crippen LogP contribution in [0.5, 0.6) is 0 Å². The Balaban J connectivity index is 1.71. The predicted octanol–water partition coefficient (Wildman–Crippen LogP) is 7.98. The number of carbonyl (C=O) groups is 6. The van der Waals surface area contributed by atoms with Gasteiger partial charge in [0, 0.05) is 0 Å². The van der Waals surface area contributed by atoms with E-state index in [0.29, 0.717) is 0 Å². The molecule has 0 heterocycles. The van der Waals surface area contributed by atoms with E-state index in [1.54, 1.807) is 182 Å². The maximum atomic E-state index is 15.1. The molecule has 0 N–H and O–H groups in total. The molecule has 0 aliphatic rings. The van der Waals surface area contributed by atoms with Crippen LogP contribution in [0.15, 0.2) is 182 Å². The summed E-state index contributed by atoms with van der Waals surface area (Å²) in [6.45, 7) is 0. The molecule has 0 amide bonds. The van der Waals surface area contributed by atoms with E-state index in [2.05, 4.69) is 0 Å². The van der Waals surface area contributed by atoms with E-state index in [1.807, 2.05) is 0 Å². The predicted molar refractivity (Wildman–Crippen MR) is 209 cm³/mol. The third-order valence-electron chi connectivity index (χ3n) is 7.82. The first kappa shape index (κ1) is 37.2. The third kappa shape index (κ3) is 8.39. The van der Waals surface area contributed by atoms with Gasteiger partial charge in [-0.2, -0.15) is 0 Å². The zero-order valence-corrected chi connectivity index (χ0v) is 34.1. The summed E-state index contributed by atoms with van der Waals surface area (Å²) in [5.74, 6) is 0. The molecule has 6 nitrogen and oxygen atoms in total. The van der Waals surface area contributed by atoms with Gasteiger partial charge in [0.25, 0.3) is 0 Å². The summed E-state index contributed by atoms with van der Waals surface area (Å²) in [6.07, 6.45) is 0. The van der Waals surface area contributed by atoms with Gasteiger partial charge in [0.2, 0.25) is 0 Å². The van der Waals surface area contributed by atoms with Crippen molar-refractivity contribution < 1.29 is 28.8 Å². The molecule has 0 bridgehead atoms. The van der Waals surface area contributed by atoms with Gasteiger partial charge < -0.3 is 0 Å². The van der Waals surface area contributed by atoms with Crippen molar-refractivity contribution in [1.82, 2.24) is 0 Å². The summed E-state index contributed by atoms with van der Waals surface area (Å²) in [5.41, 5.74) is 1.50. The molecule has 0 spiro atoms. The molecule has 6 aromatic rings. The Kier molecular flexibility index (Phi) is 12.7. The van der Waals surface area contributed by atoms with Crippen molar-refractivity contribution in [3.05, 3.63) is 215 Å². The first-order valence-electron chi connectivity index (χ1n) is 16.1. The zero-order valence-electron chi connectivity index (χ0n) is 27.6. The van der Waals surface area contributed by atoms with Crippen LogP contribution in [0, 0.1) is 0 Å². The standard InChI is InChI=1S/C42H30As3O6P/c46-37(31-19-7-1-8-20-31)43(38(47)32-21-9-2-10-22-32)52(44(39(48)33-23-11-3-12-24-33)40(49)34-25-13-4-14-26-34)45(41(50)35-27-15-5-16-28-35)42(51)36-29-17-6-18-30-36/h1-30H. The van der Waals surface area contributed by atoms with Gasteiger partial charge in [0.1, 0.15) is 0 Å². The SMILES string of the molecule is O=C(c1ccccc1)[As](C(=O)c1ccccc1)P([As](C(=O)c1ccccc1)C(=O)c1ccccc1)[As](C(=O)c1ccccc1)C(=O)c1ccccc1. The van der Waals surface area contributed by atoms with Crippen LogP contribution in [-0.4, -0.2) is 70.0 Å². The van der Waals surface area contributed by atoms with Crippen LogP contribution in [-0.2, 0) is 0 Å². The van der Waals surface area contributed by atoms with Crippen LogP contribution < -0.4 is 0 Å². The van der Waals surface area contributed by atoms with Gasteiger partial charge in [-0.1, -0.05) is 0 Å². The third-order valence-corrected chi connectivity index (χ3v) is 64.5. The summed E-state index contributed by atoms with van der Waals surface area (Å²) in [4.78, 5) is 90.6. The van der Waals surface area contributed by atoms with Gasteiger partial charge in [-0.15, -0.1) is 0 Å². The van der Waals surface area contributed by atoms with E-state index in [1.165, 1.54) is 0 Å². The van der Waals surface area contributed by atoms with Crippen LogP contribution in [0.2, 0.25) is 0 Å². The van der Waals surface area contributed by atoms with Gasteiger partial charge in [-0.05, 0) is 0 Å². The first-order chi connectivity index (χ1) is 25.4. The maximum absolute atomic E-state index is 15.1. The Morgan fingerprint density at radius 3 is 0.519 bits per heavy atom. The molecule has 0 aromatic heterocycles. The summed E-state index contributed by atoms with van der Waals surface area (Å²) < 4.78 is -5.25.